The van der Waals surface area contributed by atoms with Gasteiger partial charge in [-0.2, -0.15) is 0 Å². The Morgan fingerprint density at radius 1 is 1.62 bits per heavy atom. The van der Waals surface area contributed by atoms with Gasteiger partial charge < -0.3 is 5.32 Å². The molecule has 3 nitrogen and oxygen atoms in total. The van der Waals surface area contributed by atoms with E-state index in [1.54, 1.807) is 12.5 Å². The molecule has 1 rings (SSSR count). The minimum atomic E-state index is 0.850. The standard InChI is InChI=1S/C4H6N3P/c8-4-1-5-2-6-3-7-4/h1-3H,8H2,(H,5,6,7). The SMILES string of the molecule is PC1=CNC=NC=N1. The molecule has 0 spiro atoms. The van der Waals surface area contributed by atoms with E-state index in [9.17, 15) is 0 Å². The van der Waals surface area contributed by atoms with E-state index in [2.05, 4.69) is 24.5 Å². The van der Waals surface area contributed by atoms with Crippen LogP contribution in [0.5, 0.6) is 0 Å². The molecule has 0 aromatic rings. The predicted octanol–water partition coefficient (Wildman–Crippen LogP) is 0.320. The first-order valence-corrected chi connectivity index (χ1v) is 2.73. The average molecular weight is 127 g/mol. The van der Waals surface area contributed by atoms with Gasteiger partial charge in [-0.25, -0.2) is 9.98 Å². The fraction of sp³-hybridized carbons (Fsp3) is 0. The Kier molecular flexibility index (Phi) is 1.75. The van der Waals surface area contributed by atoms with Crippen LogP contribution in [0.15, 0.2) is 21.6 Å². The minimum absolute atomic E-state index is 0.850. The summed E-state index contributed by atoms with van der Waals surface area (Å²) in [5, 5.41) is 2.80. The average Bonchev–Trinajstić information content (AvgIpc) is 1.94. The summed E-state index contributed by atoms with van der Waals surface area (Å²) >= 11 is 0. The van der Waals surface area contributed by atoms with Crippen LogP contribution in [0, 0.1) is 0 Å². The lowest BCUT2D eigenvalue weighted by molar-refractivity contribution is 1.30. The third kappa shape index (κ3) is 1.43. The summed E-state index contributed by atoms with van der Waals surface area (Å²) < 4.78 is 0. The van der Waals surface area contributed by atoms with Crippen LogP contribution in [0.25, 0.3) is 0 Å². The molecular weight excluding hydrogens is 121 g/mol. The van der Waals surface area contributed by atoms with Gasteiger partial charge in [0.15, 0.2) is 0 Å². The molecule has 1 N–H and O–H groups in total. The van der Waals surface area contributed by atoms with Gasteiger partial charge in [0.25, 0.3) is 0 Å². The smallest absolute Gasteiger partial charge is 0.117 e. The third-order valence-electron chi connectivity index (χ3n) is 0.654. The van der Waals surface area contributed by atoms with E-state index in [1.807, 2.05) is 0 Å². The van der Waals surface area contributed by atoms with Crippen LogP contribution in [0.2, 0.25) is 0 Å². The fourth-order valence-corrected chi connectivity index (χ4v) is 0.499. The maximum absolute atomic E-state index is 3.86. The molecule has 0 bridgehead atoms. The van der Waals surface area contributed by atoms with Crippen molar-refractivity contribution in [2.45, 2.75) is 0 Å². The zero-order valence-electron chi connectivity index (χ0n) is 4.20. The zero-order chi connectivity index (χ0) is 5.82. The van der Waals surface area contributed by atoms with E-state index in [0.29, 0.717) is 0 Å². The van der Waals surface area contributed by atoms with E-state index in [0.717, 1.165) is 5.44 Å². The molecule has 1 heterocycles. The number of rotatable bonds is 0. The van der Waals surface area contributed by atoms with Crippen molar-refractivity contribution >= 4 is 21.9 Å². The van der Waals surface area contributed by atoms with E-state index in [4.69, 9.17) is 0 Å². The Labute approximate surface area is 49.8 Å². The van der Waals surface area contributed by atoms with Crippen molar-refractivity contribution in [1.82, 2.24) is 5.32 Å². The molecule has 0 amide bonds. The number of hydrogen-bond donors (Lipinski definition) is 1. The predicted molar refractivity (Wildman–Crippen MR) is 37.9 cm³/mol. The van der Waals surface area contributed by atoms with E-state index in [1.165, 1.54) is 6.34 Å². The van der Waals surface area contributed by atoms with E-state index >= 15 is 0 Å². The van der Waals surface area contributed by atoms with Crippen molar-refractivity contribution in [3.63, 3.8) is 0 Å². The summed E-state index contributed by atoms with van der Waals surface area (Å²) in [5.41, 5.74) is 0.850. The van der Waals surface area contributed by atoms with Gasteiger partial charge in [-0.15, -0.1) is 0 Å². The normalized spacial score (nSPS) is 16.9. The monoisotopic (exact) mass is 127 g/mol. The highest BCUT2D eigenvalue weighted by Crippen LogP contribution is 2.03. The molecule has 1 atom stereocenters. The van der Waals surface area contributed by atoms with Gasteiger partial charge in [0.2, 0.25) is 0 Å². The van der Waals surface area contributed by atoms with Crippen LogP contribution in [-0.2, 0) is 0 Å². The molecule has 1 aliphatic heterocycles. The largest absolute Gasteiger partial charge is 0.351 e. The van der Waals surface area contributed by atoms with Gasteiger partial charge in [-0.3, -0.25) is 0 Å². The fourth-order valence-electron chi connectivity index (χ4n) is 0.336. The molecule has 0 aromatic heterocycles. The van der Waals surface area contributed by atoms with Gasteiger partial charge in [-0.05, 0) is 0 Å². The maximum Gasteiger partial charge on any atom is 0.117 e. The molecule has 0 saturated heterocycles. The second kappa shape index (κ2) is 2.58. The first-order valence-electron chi connectivity index (χ1n) is 2.15. The van der Waals surface area contributed by atoms with E-state index < -0.39 is 0 Å². The lowest BCUT2D eigenvalue weighted by atomic mass is 10.9. The lowest BCUT2D eigenvalue weighted by Gasteiger charge is -1.84. The van der Waals surface area contributed by atoms with Gasteiger partial charge in [0.05, 0.1) is 11.8 Å². The molecule has 0 saturated carbocycles. The third-order valence-corrected chi connectivity index (χ3v) is 0.969. The first kappa shape index (κ1) is 5.45. The molecule has 8 heavy (non-hydrogen) atoms. The van der Waals surface area contributed by atoms with Crippen LogP contribution in [0.3, 0.4) is 0 Å². The van der Waals surface area contributed by atoms with Crippen LogP contribution in [0.1, 0.15) is 0 Å². The topological polar surface area (TPSA) is 36.8 Å². The van der Waals surface area contributed by atoms with Crippen LogP contribution < -0.4 is 5.32 Å². The molecule has 1 aliphatic rings. The number of nitrogens with one attached hydrogen (secondary N) is 1. The van der Waals surface area contributed by atoms with Crippen molar-refractivity contribution in [1.29, 1.82) is 0 Å². The van der Waals surface area contributed by atoms with Crippen molar-refractivity contribution in [3.05, 3.63) is 11.6 Å². The maximum atomic E-state index is 3.86. The van der Waals surface area contributed by atoms with E-state index in [-0.39, 0.29) is 0 Å². The Bertz CT molecular complexity index is 156. The second-order valence-electron chi connectivity index (χ2n) is 1.26. The molecule has 0 aromatic carbocycles. The number of aliphatic imine (C=N–C) groups is 2. The Balaban J connectivity index is 2.69. The van der Waals surface area contributed by atoms with Gasteiger partial charge in [-0.1, -0.05) is 9.24 Å². The summed E-state index contributed by atoms with van der Waals surface area (Å²) in [6.45, 7) is 0. The van der Waals surface area contributed by atoms with Crippen LogP contribution in [-0.4, -0.2) is 12.7 Å². The lowest BCUT2D eigenvalue weighted by Crippen LogP contribution is -1.98. The highest BCUT2D eigenvalue weighted by Gasteiger charge is 1.81. The molecule has 4 heteroatoms. The molecule has 0 radical (unpaired) electrons. The van der Waals surface area contributed by atoms with Crippen LogP contribution >= 0.6 is 9.24 Å². The summed E-state index contributed by atoms with van der Waals surface area (Å²) in [6, 6.07) is 0. The number of nitrogens with zero attached hydrogens (tertiary/aromatic N) is 2. The summed E-state index contributed by atoms with van der Waals surface area (Å²) in [5.74, 6) is 0. The van der Waals surface area contributed by atoms with Crippen molar-refractivity contribution < 1.29 is 0 Å². The summed E-state index contributed by atoms with van der Waals surface area (Å²) in [6.07, 6.45) is 4.80. The Morgan fingerprint density at radius 3 is 3.38 bits per heavy atom. The highest BCUT2D eigenvalue weighted by molar-refractivity contribution is 7.22. The second-order valence-corrected chi connectivity index (χ2v) is 1.85. The molecular formula is C4H6N3P. The van der Waals surface area contributed by atoms with Crippen molar-refractivity contribution in [2.75, 3.05) is 0 Å². The minimum Gasteiger partial charge on any atom is -0.351 e. The van der Waals surface area contributed by atoms with Gasteiger partial charge >= 0.3 is 0 Å². The summed E-state index contributed by atoms with van der Waals surface area (Å²) in [7, 11) is 2.46. The van der Waals surface area contributed by atoms with Crippen molar-refractivity contribution in [3.8, 4) is 0 Å². The summed E-state index contributed by atoms with van der Waals surface area (Å²) in [4.78, 5) is 7.59. The van der Waals surface area contributed by atoms with Gasteiger partial charge in [0, 0.05) is 6.20 Å². The molecule has 0 aliphatic carbocycles. The number of hydrogen-bond acceptors (Lipinski definition) is 3. The molecule has 42 valence electrons. The molecule has 1 unspecified atom stereocenters. The highest BCUT2D eigenvalue weighted by atomic mass is 31.0. The Hall–Kier alpha value is -0.690. The molecule has 0 fully saturated rings. The zero-order valence-corrected chi connectivity index (χ0v) is 5.36. The van der Waals surface area contributed by atoms with Gasteiger partial charge in [0.1, 0.15) is 6.34 Å². The van der Waals surface area contributed by atoms with Crippen molar-refractivity contribution in [2.24, 2.45) is 9.98 Å². The quantitative estimate of drug-likeness (QED) is 0.467. The Morgan fingerprint density at radius 2 is 2.50 bits per heavy atom. The first-order chi connectivity index (χ1) is 3.89. The van der Waals surface area contributed by atoms with Crippen LogP contribution in [0.4, 0.5) is 0 Å².